The summed E-state index contributed by atoms with van der Waals surface area (Å²) in [4.78, 5) is 2.42. The summed E-state index contributed by atoms with van der Waals surface area (Å²) in [5, 5.41) is 12.1. The second-order valence-electron chi connectivity index (χ2n) is 2.13. The van der Waals surface area contributed by atoms with Crippen LogP contribution in [-0.4, -0.2) is 5.11 Å². The van der Waals surface area contributed by atoms with Crippen molar-refractivity contribution in [3.63, 3.8) is 0 Å². The molecule has 0 saturated heterocycles. The largest absolute Gasteiger partial charge is 0.382 e. The van der Waals surface area contributed by atoms with Crippen LogP contribution in [0.1, 0.15) is 11.8 Å². The zero-order chi connectivity index (χ0) is 8.97. The van der Waals surface area contributed by atoms with Crippen molar-refractivity contribution in [2.24, 2.45) is 5.11 Å². The number of nitrogens with zero attached hydrogens (tertiary/aromatic N) is 3. The fourth-order valence-corrected chi connectivity index (χ4v) is 0.750. The highest BCUT2D eigenvalue weighted by molar-refractivity contribution is 5.17. The summed E-state index contributed by atoms with van der Waals surface area (Å²) in [5.41, 5.74) is 8.35. The highest BCUT2D eigenvalue weighted by atomic mass is 19.1. The lowest BCUT2D eigenvalue weighted by atomic mass is 10.2. The van der Waals surface area contributed by atoms with Gasteiger partial charge in [-0.25, -0.2) is 4.39 Å². The number of rotatable bonds is 2. The monoisotopic (exact) mass is 167 g/mol. The fraction of sp³-hybridized carbons (Fsp3) is 0.143. The summed E-state index contributed by atoms with van der Waals surface area (Å²) in [6.45, 7) is 0. The maximum Gasteiger partial charge on any atom is 0.158 e. The summed E-state index contributed by atoms with van der Waals surface area (Å²) in [5.74, 6) is -0.396. The molecule has 1 unspecified atom stereocenters. The van der Waals surface area contributed by atoms with E-state index in [0.29, 0.717) is 5.56 Å². The van der Waals surface area contributed by atoms with E-state index in [2.05, 4.69) is 10.0 Å². The van der Waals surface area contributed by atoms with Gasteiger partial charge in [0.15, 0.2) is 6.23 Å². The van der Waals surface area contributed by atoms with Crippen LogP contribution < -0.4 is 0 Å². The van der Waals surface area contributed by atoms with Gasteiger partial charge in [0.25, 0.3) is 0 Å². The molecule has 0 aliphatic carbocycles. The van der Waals surface area contributed by atoms with Gasteiger partial charge < -0.3 is 5.11 Å². The first-order valence-electron chi connectivity index (χ1n) is 3.22. The fourth-order valence-electron chi connectivity index (χ4n) is 0.750. The Morgan fingerprint density at radius 3 is 2.50 bits per heavy atom. The Morgan fingerprint density at radius 1 is 1.42 bits per heavy atom. The van der Waals surface area contributed by atoms with E-state index in [1.807, 2.05) is 0 Å². The highest BCUT2D eigenvalue weighted by Crippen LogP contribution is 2.14. The maximum atomic E-state index is 12.4. The van der Waals surface area contributed by atoms with Crippen molar-refractivity contribution in [2.45, 2.75) is 6.23 Å². The van der Waals surface area contributed by atoms with Crippen molar-refractivity contribution in [1.29, 1.82) is 0 Å². The van der Waals surface area contributed by atoms with Crippen LogP contribution in [0.5, 0.6) is 0 Å². The Labute approximate surface area is 67.9 Å². The third kappa shape index (κ3) is 1.95. The van der Waals surface area contributed by atoms with Crippen molar-refractivity contribution < 1.29 is 9.50 Å². The molecule has 0 aliphatic rings. The molecule has 0 spiro atoms. The van der Waals surface area contributed by atoms with Crippen LogP contribution in [0.2, 0.25) is 0 Å². The van der Waals surface area contributed by atoms with E-state index < -0.39 is 12.0 Å². The second-order valence-corrected chi connectivity index (χ2v) is 2.13. The average Bonchev–Trinajstić information content (AvgIpc) is 2.06. The summed E-state index contributed by atoms with van der Waals surface area (Å²) < 4.78 is 12.4. The molecule has 1 atom stereocenters. The van der Waals surface area contributed by atoms with Gasteiger partial charge in [-0.05, 0) is 23.2 Å². The van der Waals surface area contributed by atoms with E-state index in [9.17, 15) is 4.39 Å². The van der Waals surface area contributed by atoms with Crippen LogP contribution in [0.3, 0.4) is 0 Å². The molecule has 0 aromatic heterocycles. The van der Waals surface area contributed by atoms with E-state index in [4.69, 9.17) is 10.6 Å². The Hall–Kier alpha value is -1.58. The van der Waals surface area contributed by atoms with E-state index in [0.717, 1.165) is 0 Å². The molecule has 0 radical (unpaired) electrons. The normalized spacial score (nSPS) is 11.8. The predicted molar refractivity (Wildman–Crippen MR) is 40.5 cm³/mol. The van der Waals surface area contributed by atoms with Crippen LogP contribution in [0.25, 0.3) is 10.4 Å². The Morgan fingerprint density at radius 2 is 2.00 bits per heavy atom. The van der Waals surface area contributed by atoms with Crippen LogP contribution >= 0.6 is 0 Å². The Bertz CT molecular complexity index is 305. The molecule has 4 nitrogen and oxygen atoms in total. The zero-order valence-electron chi connectivity index (χ0n) is 6.05. The van der Waals surface area contributed by atoms with E-state index in [-0.39, 0.29) is 0 Å². The topological polar surface area (TPSA) is 69.0 Å². The molecular formula is C7H6FN3O. The van der Waals surface area contributed by atoms with Gasteiger partial charge in [-0.1, -0.05) is 17.2 Å². The SMILES string of the molecule is [N-]=[N+]=NC(O)c1ccc(F)cc1. The van der Waals surface area contributed by atoms with E-state index in [1.54, 1.807) is 0 Å². The van der Waals surface area contributed by atoms with Crippen LogP contribution in [0, 0.1) is 5.82 Å². The smallest absolute Gasteiger partial charge is 0.158 e. The third-order valence-electron chi connectivity index (χ3n) is 1.33. The molecule has 5 heteroatoms. The Balaban J connectivity index is 2.89. The van der Waals surface area contributed by atoms with Gasteiger partial charge in [-0.15, -0.1) is 0 Å². The molecule has 0 aliphatic heterocycles. The minimum Gasteiger partial charge on any atom is -0.382 e. The van der Waals surface area contributed by atoms with Crippen molar-refractivity contribution in [3.05, 3.63) is 46.1 Å². The van der Waals surface area contributed by atoms with Gasteiger partial charge in [0.05, 0.1) is 0 Å². The summed E-state index contributed by atoms with van der Waals surface area (Å²) in [6.07, 6.45) is -1.24. The summed E-state index contributed by atoms with van der Waals surface area (Å²) >= 11 is 0. The number of aliphatic hydroxyl groups excluding tert-OH is 1. The first kappa shape index (κ1) is 8.52. The molecule has 12 heavy (non-hydrogen) atoms. The third-order valence-corrected chi connectivity index (χ3v) is 1.33. The van der Waals surface area contributed by atoms with Crippen LogP contribution in [0.15, 0.2) is 29.4 Å². The average molecular weight is 167 g/mol. The first-order chi connectivity index (χ1) is 5.74. The number of azide groups is 1. The first-order valence-corrected chi connectivity index (χ1v) is 3.22. The lowest BCUT2D eigenvalue weighted by Gasteiger charge is -2.01. The molecule has 0 fully saturated rings. The van der Waals surface area contributed by atoms with Crippen LogP contribution in [-0.2, 0) is 0 Å². The Kier molecular flexibility index (Phi) is 2.63. The van der Waals surface area contributed by atoms with Gasteiger partial charge in [-0.3, -0.25) is 0 Å². The molecule has 1 aromatic rings. The number of hydrogen-bond donors (Lipinski definition) is 1. The summed E-state index contributed by atoms with van der Waals surface area (Å²) in [7, 11) is 0. The van der Waals surface area contributed by atoms with Gasteiger partial charge in [0, 0.05) is 4.91 Å². The van der Waals surface area contributed by atoms with Crippen molar-refractivity contribution in [1.82, 2.24) is 0 Å². The molecule has 0 bridgehead atoms. The minimum absolute atomic E-state index is 0.370. The van der Waals surface area contributed by atoms with E-state index >= 15 is 0 Å². The molecule has 1 N–H and O–H groups in total. The van der Waals surface area contributed by atoms with Gasteiger partial charge in [0.2, 0.25) is 0 Å². The molecule has 0 saturated carbocycles. The quantitative estimate of drug-likeness (QED) is 0.409. The minimum atomic E-state index is -1.24. The highest BCUT2D eigenvalue weighted by Gasteiger charge is 2.02. The van der Waals surface area contributed by atoms with Crippen molar-refractivity contribution in [2.75, 3.05) is 0 Å². The van der Waals surface area contributed by atoms with Gasteiger partial charge in [-0.2, -0.15) is 0 Å². The number of halogens is 1. The number of benzene rings is 1. The molecular weight excluding hydrogens is 161 g/mol. The zero-order valence-corrected chi connectivity index (χ0v) is 6.05. The standard InChI is InChI=1S/C7H6FN3O/c8-6-3-1-5(2-4-6)7(12)10-11-9/h1-4,7,12H. The van der Waals surface area contributed by atoms with E-state index in [1.165, 1.54) is 24.3 Å². The summed E-state index contributed by atoms with van der Waals surface area (Å²) in [6, 6.07) is 5.08. The second kappa shape index (κ2) is 3.71. The van der Waals surface area contributed by atoms with Gasteiger partial charge >= 0.3 is 0 Å². The number of hydrogen-bond acceptors (Lipinski definition) is 2. The number of aliphatic hydroxyl groups is 1. The van der Waals surface area contributed by atoms with Crippen molar-refractivity contribution in [3.8, 4) is 0 Å². The predicted octanol–water partition coefficient (Wildman–Crippen LogP) is 2.13. The van der Waals surface area contributed by atoms with Crippen LogP contribution in [0.4, 0.5) is 4.39 Å². The van der Waals surface area contributed by atoms with Crippen molar-refractivity contribution >= 4 is 0 Å². The lowest BCUT2D eigenvalue weighted by molar-refractivity contribution is 0.186. The molecule has 1 rings (SSSR count). The molecule has 0 heterocycles. The lowest BCUT2D eigenvalue weighted by Crippen LogP contribution is -1.91. The molecule has 62 valence electrons. The molecule has 0 amide bonds. The van der Waals surface area contributed by atoms with Gasteiger partial charge in [0.1, 0.15) is 5.82 Å². The maximum absolute atomic E-state index is 12.4. The molecule has 1 aromatic carbocycles.